The van der Waals surface area contributed by atoms with Crippen molar-refractivity contribution in [3.63, 3.8) is 0 Å². The van der Waals surface area contributed by atoms with Crippen molar-refractivity contribution in [3.8, 4) is 28.3 Å². The molecule has 0 saturated heterocycles. The molecule has 5 aromatic rings. The topological polar surface area (TPSA) is 60.2 Å². The summed E-state index contributed by atoms with van der Waals surface area (Å²) >= 11 is 0. The van der Waals surface area contributed by atoms with Crippen LogP contribution in [0.2, 0.25) is 0 Å². The Morgan fingerprint density at radius 2 is 1.51 bits per heavy atom. The Balaban J connectivity index is 1.15. The van der Waals surface area contributed by atoms with E-state index in [4.69, 9.17) is 9.26 Å². The highest BCUT2D eigenvalue weighted by atomic mass is 16.5. The molecule has 2 heterocycles. The van der Waals surface area contributed by atoms with Gasteiger partial charge < -0.3 is 14.6 Å². The number of pyridine rings is 1. The second kappa shape index (κ2) is 10.3. The zero-order valence-corrected chi connectivity index (χ0v) is 20.9. The minimum Gasteiger partial charge on any atom is -0.477 e. The van der Waals surface area contributed by atoms with Crippen molar-refractivity contribution in [2.45, 2.75) is 32.1 Å². The molecule has 37 heavy (non-hydrogen) atoms. The van der Waals surface area contributed by atoms with E-state index in [0.29, 0.717) is 24.1 Å². The summed E-state index contributed by atoms with van der Waals surface area (Å²) in [5.74, 6) is 2.71. The summed E-state index contributed by atoms with van der Waals surface area (Å²) in [6.45, 7) is 2.49. The van der Waals surface area contributed by atoms with Gasteiger partial charge in [0.1, 0.15) is 17.2 Å². The van der Waals surface area contributed by atoms with Gasteiger partial charge in [0.25, 0.3) is 0 Å². The van der Waals surface area contributed by atoms with Crippen LogP contribution in [-0.4, -0.2) is 16.7 Å². The van der Waals surface area contributed by atoms with Crippen molar-refractivity contribution >= 4 is 11.5 Å². The van der Waals surface area contributed by atoms with E-state index >= 15 is 0 Å². The van der Waals surface area contributed by atoms with E-state index in [0.717, 1.165) is 29.3 Å². The van der Waals surface area contributed by atoms with Crippen LogP contribution in [0.1, 0.15) is 35.6 Å². The number of nitrogens with zero attached hydrogens (tertiary/aromatic N) is 2. The molecule has 0 unspecified atom stereocenters. The van der Waals surface area contributed by atoms with Crippen LogP contribution in [0.3, 0.4) is 0 Å². The normalized spacial score (nSPS) is 12.9. The number of anilines is 2. The molecule has 2 aromatic heterocycles. The van der Waals surface area contributed by atoms with Crippen molar-refractivity contribution < 1.29 is 9.26 Å². The first-order chi connectivity index (χ1) is 18.2. The highest BCUT2D eigenvalue weighted by Gasteiger charge is 2.23. The smallest absolute Gasteiger partial charge is 0.215 e. The maximum atomic E-state index is 5.90. The summed E-state index contributed by atoms with van der Waals surface area (Å²) in [5.41, 5.74) is 7.62. The molecule has 6 rings (SSSR count). The lowest BCUT2D eigenvalue weighted by Crippen LogP contribution is -2.04. The summed E-state index contributed by atoms with van der Waals surface area (Å²) in [7, 11) is 0. The van der Waals surface area contributed by atoms with Crippen molar-refractivity contribution in [1.82, 2.24) is 10.1 Å². The van der Waals surface area contributed by atoms with E-state index in [2.05, 4.69) is 76.1 Å². The molecule has 0 radical (unpaired) electrons. The highest BCUT2D eigenvalue weighted by Crippen LogP contribution is 2.40. The lowest BCUT2D eigenvalue weighted by atomic mass is 10.0. The predicted octanol–water partition coefficient (Wildman–Crippen LogP) is 7.95. The van der Waals surface area contributed by atoms with E-state index in [1.54, 1.807) is 0 Å². The number of ether oxygens (including phenoxy) is 1. The fourth-order valence-corrected chi connectivity index (χ4v) is 4.50. The van der Waals surface area contributed by atoms with Gasteiger partial charge in [-0.2, -0.15) is 4.98 Å². The van der Waals surface area contributed by atoms with E-state index in [-0.39, 0.29) is 0 Å². The Kier molecular flexibility index (Phi) is 6.42. The Morgan fingerprint density at radius 3 is 2.24 bits per heavy atom. The number of hydrogen-bond acceptors (Lipinski definition) is 5. The van der Waals surface area contributed by atoms with Gasteiger partial charge in [0.2, 0.25) is 5.88 Å². The van der Waals surface area contributed by atoms with Crippen molar-refractivity contribution in [2.24, 2.45) is 0 Å². The number of aryl methyl sites for hydroxylation is 1. The Hall–Kier alpha value is -4.38. The number of hydrogen-bond donors (Lipinski definition) is 1. The Labute approximate surface area is 217 Å². The molecule has 5 nitrogen and oxygen atoms in total. The Morgan fingerprint density at radius 1 is 0.811 bits per heavy atom. The van der Waals surface area contributed by atoms with Crippen LogP contribution in [0.15, 0.2) is 102 Å². The number of aromatic nitrogens is 2. The minimum atomic E-state index is 0.563. The second-order valence-corrected chi connectivity index (χ2v) is 9.52. The lowest BCUT2D eigenvalue weighted by Gasteiger charge is -2.10. The van der Waals surface area contributed by atoms with Crippen LogP contribution in [0.4, 0.5) is 11.5 Å². The third-order valence-corrected chi connectivity index (χ3v) is 6.76. The van der Waals surface area contributed by atoms with E-state index in [1.807, 2.05) is 43.3 Å². The first kappa shape index (κ1) is 23.0. The largest absolute Gasteiger partial charge is 0.477 e. The fourth-order valence-electron chi connectivity index (χ4n) is 4.50. The van der Waals surface area contributed by atoms with Crippen LogP contribution in [0, 0.1) is 6.92 Å². The van der Waals surface area contributed by atoms with Crippen LogP contribution in [0.25, 0.3) is 22.5 Å². The monoisotopic (exact) mass is 487 g/mol. The van der Waals surface area contributed by atoms with Crippen molar-refractivity contribution in [3.05, 3.63) is 114 Å². The maximum Gasteiger partial charge on any atom is 0.215 e. The average Bonchev–Trinajstić information content (AvgIpc) is 3.74. The van der Waals surface area contributed by atoms with Crippen LogP contribution in [-0.2, 0) is 6.42 Å². The van der Waals surface area contributed by atoms with Gasteiger partial charge in [-0.3, -0.25) is 0 Å². The molecule has 0 atom stereocenters. The highest BCUT2D eigenvalue weighted by molar-refractivity contribution is 5.79. The average molecular weight is 488 g/mol. The molecular weight excluding hydrogens is 458 g/mol. The number of benzene rings is 3. The molecule has 3 aromatic carbocycles. The lowest BCUT2D eigenvalue weighted by molar-refractivity contribution is 0.310. The zero-order chi connectivity index (χ0) is 25.0. The van der Waals surface area contributed by atoms with Crippen molar-refractivity contribution in [1.29, 1.82) is 0 Å². The van der Waals surface area contributed by atoms with Gasteiger partial charge in [-0.15, -0.1) is 0 Å². The van der Waals surface area contributed by atoms with Crippen LogP contribution < -0.4 is 10.1 Å². The van der Waals surface area contributed by atoms with Crippen LogP contribution in [0.5, 0.6) is 5.88 Å². The molecular formula is C32H29N3O2. The van der Waals surface area contributed by atoms with Gasteiger partial charge in [-0.25, -0.2) is 0 Å². The van der Waals surface area contributed by atoms with Gasteiger partial charge in [0.05, 0.1) is 6.61 Å². The molecule has 0 bridgehead atoms. The molecule has 5 heteroatoms. The third kappa shape index (κ3) is 5.41. The van der Waals surface area contributed by atoms with Gasteiger partial charge >= 0.3 is 0 Å². The summed E-state index contributed by atoms with van der Waals surface area (Å²) < 4.78 is 11.6. The first-order valence-electron chi connectivity index (χ1n) is 12.8. The predicted molar refractivity (Wildman–Crippen MR) is 147 cm³/mol. The SMILES string of the molecule is Cc1noc(-c2ccc(-c3ccc(C4CC4)cc3)cc2)c1Nc1cccc(OCCc2ccccc2)n1. The van der Waals surface area contributed by atoms with Gasteiger partial charge in [-0.1, -0.05) is 90.1 Å². The van der Waals surface area contributed by atoms with E-state index in [9.17, 15) is 0 Å². The molecule has 184 valence electrons. The van der Waals surface area contributed by atoms with Crippen LogP contribution >= 0.6 is 0 Å². The summed E-state index contributed by atoms with van der Waals surface area (Å²) in [5, 5.41) is 7.60. The zero-order valence-electron chi connectivity index (χ0n) is 20.9. The second-order valence-electron chi connectivity index (χ2n) is 9.52. The van der Waals surface area contributed by atoms with Gasteiger partial charge in [0.15, 0.2) is 5.76 Å². The van der Waals surface area contributed by atoms with Gasteiger partial charge in [0, 0.05) is 18.1 Å². The number of nitrogens with one attached hydrogen (secondary N) is 1. The Bertz CT molecular complexity index is 1470. The number of rotatable bonds is 9. The molecule has 0 spiro atoms. The molecule has 1 saturated carbocycles. The maximum absolute atomic E-state index is 5.90. The summed E-state index contributed by atoms with van der Waals surface area (Å²) in [4.78, 5) is 4.63. The van der Waals surface area contributed by atoms with Gasteiger partial charge in [-0.05, 0) is 54.0 Å². The summed E-state index contributed by atoms with van der Waals surface area (Å²) in [6.07, 6.45) is 3.47. The summed E-state index contributed by atoms with van der Waals surface area (Å²) in [6, 6.07) is 33.4. The fraction of sp³-hybridized carbons (Fsp3) is 0.188. The minimum absolute atomic E-state index is 0.563. The van der Waals surface area contributed by atoms with E-state index < -0.39 is 0 Å². The molecule has 0 amide bonds. The molecule has 1 aliphatic rings. The van der Waals surface area contributed by atoms with Crippen molar-refractivity contribution in [2.75, 3.05) is 11.9 Å². The molecule has 0 aliphatic heterocycles. The van der Waals surface area contributed by atoms with E-state index in [1.165, 1.54) is 35.1 Å². The standard InChI is InChI=1S/C32H29N3O2/c1-22-31(34-29-8-5-9-30(33-29)36-21-20-23-6-3-2-4-7-23)32(37-35-22)28-18-16-27(17-19-28)26-14-12-25(13-15-26)24-10-11-24/h2-9,12-19,24H,10-11,20-21H2,1H3,(H,33,34). The molecule has 1 N–H and O–H groups in total. The third-order valence-electron chi connectivity index (χ3n) is 6.76. The molecule has 1 fully saturated rings. The quantitative estimate of drug-likeness (QED) is 0.229. The molecule has 1 aliphatic carbocycles. The first-order valence-corrected chi connectivity index (χ1v) is 12.8.